The number of anilines is 1. The predicted molar refractivity (Wildman–Crippen MR) is 132 cm³/mol. The van der Waals surface area contributed by atoms with E-state index in [-0.39, 0.29) is 11.8 Å². The van der Waals surface area contributed by atoms with Gasteiger partial charge in [-0.1, -0.05) is 37.6 Å². The smallest absolute Gasteiger partial charge is 0.289 e. The molecule has 1 aliphatic rings. The number of hydrogen-bond acceptors (Lipinski definition) is 6. The molecule has 1 aromatic carbocycles. The molecule has 34 heavy (non-hydrogen) atoms. The standard InChI is InChI=1S/C27H34N4O3/c1-18(2)25-28-23(17-33-5)22(16-21-15-19(3)8-9-20(21)4)26(29-25)30-10-12-31(13-11-30)27(32)24-7-6-14-34-24/h6-9,14-15,18H,10-13,16-17H2,1-5H3. The van der Waals surface area contributed by atoms with E-state index in [9.17, 15) is 4.79 Å². The number of nitrogens with zero attached hydrogens (tertiary/aromatic N) is 4. The average Bonchev–Trinajstić information content (AvgIpc) is 3.37. The van der Waals surface area contributed by atoms with Gasteiger partial charge in [-0.2, -0.15) is 0 Å². The molecule has 1 amide bonds. The van der Waals surface area contributed by atoms with E-state index < -0.39 is 0 Å². The summed E-state index contributed by atoms with van der Waals surface area (Å²) < 4.78 is 10.9. The van der Waals surface area contributed by atoms with Gasteiger partial charge < -0.3 is 19.0 Å². The summed E-state index contributed by atoms with van der Waals surface area (Å²) >= 11 is 0. The van der Waals surface area contributed by atoms with Gasteiger partial charge in [-0.25, -0.2) is 9.97 Å². The Bertz CT molecular complexity index is 1130. The van der Waals surface area contributed by atoms with Crippen LogP contribution in [-0.2, 0) is 17.8 Å². The van der Waals surface area contributed by atoms with E-state index in [0.29, 0.717) is 38.5 Å². The molecule has 7 heteroatoms. The fraction of sp³-hybridized carbons (Fsp3) is 0.444. The summed E-state index contributed by atoms with van der Waals surface area (Å²) in [5.41, 5.74) is 5.80. The molecule has 1 aliphatic heterocycles. The summed E-state index contributed by atoms with van der Waals surface area (Å²) in [5.74, 6) is 2.30. The Labute approximate surface area is 201 Å². The molecule has 0 saturated carbocycles. The van der Waals surface area contributed by atoms with Crippen molar-refractivity contribution in [1.82, 2.24) is 14.9 Å². The minimum absolute atomic E-state index is 0.0640. The molecule has 2 aromatic heterocycles. The summed E-state index contributed by atoms with van der Waals surface area (Å²) in [6.07, 6.45) is 2.28. The number of aryl methyl sites for hydroxylation is 2. The van der Waals surface area contributed by atoms with Crippen molar-refractivity contribution in [3.63, 3.8) is 0 Å². The van der Waals surface area contributed by atoms with Crippen molar-refractivity contribution in [2.45, 2.75) is 46.6 Å². The maximum atomic E-state index is 12.7. The molecule has 3 aromatic rings. The van der Waals surface area contributed by atoms with Crippen LogP contribution in [0.4, 0.5) is 5.82 Å². The third kappa shape index (κ3) is 5.14. The lowest BCUT2D eigenvalue weighted by Crippen LogP contribution is -2.49. The highest BCUT2D eigenvalue weighted by atomic mass is 16.5. The Kier molecular flexibility index (Phi) is 7.32. The Morgan fingerprint density at radius 2 is 1.88 bits per heavy atom. The Morgan fingerprint density at radius 3 is 2.53 bits per heavy atom. The zero-order valence-electron chi connectivity index (χ0n) is 20.8. The zero-order chi connectivity index (χ0) is 24.2. The van der Waals surface area contributed by atoms with Gasteiger partial charge >= 0.3 is 0 Å². The first-order chi connectivity index (χ1) is 16.4. The van der Waals surface area contributed by atoms with Crippen LogP contribution in [0, 0.1) is 13.8 Å². The summed E-state index contributed by atoms with van der Waals surface area (Å²) in [4.78, 5) is 26.8. The Hall–Kier alpha value is -3.19. The van der Waals surface area contributed by atoms with Gasteiger partial charge in [-0.3, -0.25) is 4.79 Å². The molecule has 0 unspecified atom stereocenters. The molecule has 3 heterocycles. The van der Waals surface area contributed by atoms with Crippen LogP contribution < -0.4 is 4.90 Å². The molecular formula is C27H34N4O3. The van der Waals surface area contributed by atoms with Gasteiger partial charge in [0.25, 0.3) is 5.91 Å². The molecule has 180 valence electrons. The maximum Gasteiger partial charge on any atom is 0.289 e. The summed E-state index contributed by atoms with van der Waals surface area (Å²) in [6.45, 7) is 11.6. The first-order valence-electron chi connectivity index (χ1n) is 11.9. The van der Waals surface area contributed by atoms with Crippen molar-refractivity contribution in [2.75, 3.05) is 38.2 Å². The fourth-order valence-corrected chi connectivity index (χ4v) is 4.35. The minimum atomic E-state index is -0.0640. The van der Waals surface area contributed by atoms with E-state index >= 15 is 0 Å². The van der Waals surface area contributed by atoms with Crippen LogP contribution in [0.2, 0.25) is 0 Å². The molecular weight excluding hydrogens is 428 g/mol. The normalized spacial score (nSPS) is 14.2. The van der Waals surface area contributed by atoms with Crippen LogP contribution in [0.3, 0.4) is 0 Å². The lowest BCUT2D eigenvalue weighted by Gasteiger charge is -2.36. The van der Waals surface area contributed by atoms with Gasteiger partial charge in [0, 0.05) is 51.2 Å². The molecule has 7 nitrogen and oxygen atoms in total. The number of benzene rings is 1. The second-order valence-corrected chi connectivity index (χ2v) is 9.28. The van der Waals surface area contributed by atoms with E-state index in [1.54, 1.807) is 19.2 Å². The molecule has 0 spiro atoms. The van der Waals surface area contributed by atoms with Gasteiger partial charge in [0.05, 0.1) is 18.6 Å². The van der Waals surface area contributed by atoms with E-state index in [4.69, 9.17) is 19.1 Å². The van der Waals surface area contributed by atoms with Crippen molar-refractivity contribution >= 4 is 11.7 Å². The molecule has 0 bridgehead atoms. The SMILES string of the molecule is COCc1nc(C(C)C)nc(N2CCN(C(=O)c3ccco3)CC2)c1Cc1cc(C)ccc1C. The fourth-order valence-electron chi connectivity index (χ4n) is 4.35. The van der Waals surface area contributed by atoms with E-state index in [1.807, 2.05) is 4.90 Å². The van der Waals surface area contributed by atoms with Gasteiger partial charge in [-0.05, 0) is 37.1 Å². The van der Waals surface area contributed by atoms with Gasteiger partial charge in [0.1, 0.15) is 11.6 Å². The van der Waals surface area contributed by atoms with Crippen molar-refractivity contribution in [2.24, 2.45) is 0 Å². The number of rotatable bonds is 7. The van der Waals surface area contributed by atoms with Crippen molar-refractivity contribution < 1.29 is 13.9 Å². The number of hydrogen-bond donors (Lipinski definition) is 0. The van der Waals surface area contributed by atoms with E-state index in [2.05, 4.69) is 50.8 Å². The van der Waals surface area contributed by atoms with Crippen molar-refractivity contribution in [1.29, 1.82) is 0 Å². The zero-order valence-corrected chi connectivity index (χ0v) is 20.8. The lowest BCUT2D eigenvalue weighted by atomic mass is 9.97. The minimum Gasteiger partial charge on any atom is -0.459 e. The molecule has 1 saturated heterocycles. The van der Waals surface area contributed by atoms with Gasteiger partial charge in [-0.15, -0.1) is 0 Å². The number of amides is 1. The number of carbonyl (C=O) groups is 1. The van der Waals surface area contributed by atoms with Gasteiger partial charge in [0.15, 0.2) is 5.76 Å². The number of aromatic nitrogens is 2. The topological polar surface area (TPSA) is 71.7 Å². The highest BCUT2D eigenvalue weighted by Gasteiger charge is 2.27. The van der Waals surface area contributed by atoms with Crippen LogP contribution in [-0.4, -0.2) is 54.1 Å². The third-order valence-corrected chi connectivity index (χ3v) is 6.36. The molecule has 0 atom stereocenters. The summed E-state index contributed by atoms with van der Waals surface area (Å²) in [7, 11) is 1.71. The van der Waals surface area contributed by atoms with Crippen molar-refractivity contribution in [3.05, 3.63) is 76.1 Å². The molecule has 0 N–H and O–H groups in total. The second kappa shape index (κ2) is 10.4. The average molecular weight is 463 g/mol. The largest absolute Gasteiger partial charge is 0.459 e. The highest BCUT2D eigenvalue weighted by Crippen LogP contribution is 2.29. The van der Waals surface area contributed by atoms with Crippen LogP contribution in [0.15, 0.2) is 41.0 Å². The van der Waals surface area contributed by atoms with E-state index in [1.165, 1.54) is 23.0 Å². The molecule has 1 fully saturated rings. The second-order valence-electron chi connectivity index (χ2n) is 9.28. The number of carbonyl (C=O) groups excluding carboxylic acids is 1. The Balaban J connectivity index is 1.67. The number of methoxy groups -OCH3 is 1. The predicted octanol–water partition coefficient (Wildman–Crippen LogP) is 4.51. The third-order valence-electron chi connectivity index (χ3n) is 6.36. The van der Waals surface area contributed by atoms with E-state index in [0.717, 1.165) is 29.3 Å². The lowest BCUT2D eigenvalue weighted by molar-refractivity contribution is 0.0714. The number of furan rings is 1. The monoisotopic (exact) mass is 462 g/mol. The molecule has 0 radical (unpaired) electrons. The van der Waals surface area contributed by atoms with Crippen LogP contribution in [0.25, 0.3) is 0 Å². The highest BCUT2D eigenvalue weighted by molar-refractivity contribution is 5.91. The van der Waals surface area contributed by atoms with Crippen LogP contribution >= 0.6 is 0 Å². The molecule has 4 rings (SSSR count). The first kappa shape index (κ1) is 24.0. The Morgan fingerprint density at radius 1 is 1.12 bits per heavy atom. The number of piperazine rings is 1. The van der Waals surface area contributed by atoms with Crippen LogP contribution in [0.1, 0.15) is 64.1 Å². The quantitative estimate of drug-likeness (QED) is 0.515. The number of ether oxygens (including phenoxy) is 1. The molecule has 0 aliphatic carbocycles. The first-order valence-corrected chi connectivity index (χ1v) is 11.9. The van der Waals surface area contributed by atoms with Gasteiger partial charge in [0.2, 0.25) is 0 Å². The van der Waals surface area contributed by atoms with Crippen molar-refractivity contribution in [3.8, 4) is 0 Å². The van der Waals surface area contributed by atoms with Crippen LogP contribution in [0.5, 0.6) is 0 Å². The maximum absolute atomic E-state index is 12.7. The summed E-state index contributed by atoms with van der Waals surface area (Å²) in [6, 6.07) is 10.0. The summed E-state index contributed by atoms with van der Waals surface area (Å²) in [5, 5.41) is 0.